The van der Waals surface area contributed by atoms with Crippen LogP contribution in [0.2, 0.25) is 5.02 Å². The summed E-state index contributed by atoms with van der Waals surface area (Å²) < 4.78 is 196. The molecule has 0 spiro atoms. The first-order valence-electron chi connectivity index (χ1n) is 29.3. The van der Waals surface area contributed by atoms with Gasteiger partial charge in [-0.05, 0) is 168 Å². The number of carboxylic acids is 1. The number of carbonyl (C=O) groups is 3. The lowest BCUT2D eigenvalue weighted by Crippen LogP contribution is -2.32. The number of rotatable bonds is 14. The molecule has 2 saturated heterocycles. The molecule has 2 fully saturated rings. The van der Waals surface area contributed by atoms with Crippen LogP contribution in [-0.2, 0) is 38.6 Å². The Bertz CT molecular complexity index is 4550. The van der Waals surface area contributed by atoms with Crippen molar-refractivity contribution in [2.45, 2.75) is 103 Å². The topological polar surface area (TPSA) is 287 Å². The third-order valence-electron chi connectivity index (χ3n) is 15.5. The maximum atomic E-state index is 14.8. The Morgan fingerprint density at radius 2 is 0.979 bits per heavy atom. The van der Waals surface area contributed by atoms with Gasteiger partial charge in [-0.15, -0.1) is 0 Å². The van der Waals surface area contributed by atoms with E-state index in [1.807, 2.05) is 0 Å². The number of nitrogens with one attached hydrogen (secondary N) is 3. The van der Waals surface area contributed by atoms with Crippen LogP contribution < -0.4 is 30.3 Å². The number of nitrogens with two attached hydrogens (primary N) is 1. The number of amides is 1. The van der Waals surface area contributed by atoms with Gasteiger partial charge in [-0.1, -0.05) is 11.6 Å². The van der Waals surface area contributed by atoms with E-state index in [-0.39, 0.29) is 92.1 Å². The Balaban J connectivity index is 0.000000195. The first-order valence-corrected chi connectivity index (χ1v) is 33.5. The maximum absolute atomic E-state index is 14.8. The van der Waals surface area contributed by atoms with Crippen molar-refractivity contribution in [2.24, 2.45) is 5.73 Å². The highest BCUT2D eigenvalue weighted by atomic mass is 35.5. The number of pyridine rings is 3. The lowest BCUT2D eigenvalue weighted by Gasteiger charge is -2.27. The molecular formula is C64H65ClF11N9O10S2. The van der Waals surface area contributed by atoms with Gasteiger partial charge in [0, 0.05) is 68.9 Å². The fourth-order valence-electron chi connectivity index (χ4n) is 10.8. The van der Waals surface area contributed by atoms with Crippen molar-refractivity contribution in [2.75, 3.05) is 58.1 Å². The molecule has 0 saturated carbocycles. The normalized spacial score (nSPS) is 15.8. The van der Waals surface area contributed by atoms with Gasteiger partial charge >= 0.3 is 24.5 Å². The van der Waals surface area contributed by atoms with E-state index in [0.717, 1.165) is 49.3 Å². The highest BCUT2D eigenvalue weighted by Gasteiger charge is 2.38. The van der Waals surface area contributed by atoms with Crippen LogP contribution in [0.15, 0.2) is 97.1 Å². The molecule has 19 nitrogen and oxygen atoms in total. The summed E-state index contributed by atoms with van der Waals surface area (Å²) in [6.45, 7) is 8.41. The predicted molar refractivity (Wildman–Crippen MR) is 345 cm³/mol. The number of anilines is 4. The van der Waals surface area contributed by atoms with Crippen molar-refractivity contribution < 1.29 is 94.8 Å². The number of halogens is 12. The van der Waals surface area contributed by atoms with E-state index in [1.54, 1.807) is 43.6 Å². The molecule has 2 aliphatic heterocycles. The molecule has 522 valence electrons. The predicted octanol–water partition coefficient (Wildman–Crippen LogP) is 13.1. The molecule has 97 heavy (non-hydrogen) atoms. The van der Waals surface area contributed by atoms with Gasteiger partial charge in [0.2, 0.25) is 20.0 Å². The molecule has 1 amide bonds. The third kappa shape index (κ3) is 19.2. The standard InChI is InChI=1S/C26H28F4N4O4S.C16H15F3N2O3.C12H7ClF3NO.C10H15FN2O2S/c1-14-9-18(20(27)11-22(14)33-39(3,37)38)15(2)31-25(36)16-6-7-21-19(10-16)23(12-24(32-21)26(28,29)30)34-8-4-5-17(34)13-35;17-16(18,19)14-7-13(21-5-1-2-10(21)8-22)11-6-9(15(23)24)3-4-12(11)20-14;1-6(18)7-2-3-10-8(4-7)9(13)5-11(17-10)12(14,15)16;1-6-4-8(7(2)12)9(11)5-10(6)13-16(3,14)15/h6-7,9-12,15,17,33,35H,4-5,8,13H2,1-3H3,(H,31,36);3-4,6-7,10,22H,1-2,5,8H2,(H,23,24);2-5H,1H3;4-5,7,13H,12H2,1-3H3/t15-,17+;10-;;7-/m10.1/s1. The zero-order valence-electron chi connectivity index (χ0n) is 52.6. The van der Waals surface area contributed by atoms with Gasteiger partial charge in [-0.2, -0.15) is 39.5 Å². The molecular weight excluding hydrogens is 1360 g/mol. The van der Waals surface area contributed by atoms with Gasteiger partial charge in [0.1, 0.15) is 28.7 Å². The van der Waals surface area contributed by atoms with E-state index in [9.17, 15) is 89.7 Å². The monoisotopic (exact) mass is 1430 g/mol. The van der Waals surface area contributed by atoms with Gasteiger partial charge in [-0.3, -0.25) is 19.0 Å². The van der Waals surface area contributed by atoms with Crippen molar-refractivity contribution >= 4 is 105 Å². The molecule has 0 radical (unpaired) electrons. The van der Waals surface area contributed by atoms with Gasteiger partial charge in [-0.25, -0.2) is 45.4 Å². The summed E-state index contributed by atoms with van der Waals surface area (Å²) in [5.74, 6) is -3.18. The number of aryl methyl sites for hydroxylation is 2. The van der Waals surface area contributed by atoms with E-state index < -0.39 is 91.3 Å². The molecule has 0 bridgehead atoms. The number of sulfonamides is 2. The number of nitrogens with zero attached hydrogens (tertiary/aromatic N) is 5. The molecule has 33 heteroatoms. The van der Waals surface area contributed by atoms with Gasteiger partial charge in [0.05, 0.1) is 82.4 Å². The third-order valence-corrected chi connectivity index (χ3v) is 17.0. The minimum Gasteiger partial charge on any atom is -0.478 e. The summed E-state index contributed by atoms with van der Waals surface area (Å²) in [5, 5.41) is 32.0. The molecule has 4 atom stereocenters. The molecule has 0 aliphatic carbocycles. The molecule has 0 unspecified atom stereocenters. The Morgan fingerprint density at radius 1 is 0.598 bits per heavy atom. The van der Waals surface area contributed by atoms with Crippen LogP contribution >= 0.6 is 11.6 Å². The maximum Gasteiger partial charge on any atom is 0.433 e. The van der Waals surface area contributed by atoms with Gasteiger partial charge in [0.25, 0.3) is 5.91 Å². The number of carboxylic acid groups (broad SMARTS) is 1. The molecule has 10 rings (SSSR count). The molecule has 2 aliphatic rings. The molecule has 8 N–H and O–H groups in total. The zero-order valence-corrected chi connectivity index (χ0v) is 55.0. The summed E-state index contributed by atoms with van der Waals surface area (Å²) in [6, 6.07) is 18.1. The molecule has 5 heterocycles. The number of carbonyl (C=O) groups excluding carboxylic acids is 2. The van der Waals surface area contributed by atoms with E-state index in [0.29, 0.717) is 70.8 Å². The van der Waals surface area contributed by atoms with Gasteiger partial charge in [0.15, 0.2) is 5.78 Å². The smallest absolute Gasteiger partial charge is 0.433 e. The van der Waals surface area contributed by atoms with Crippen LogP contribution in [0.3, 0.4) is 0 Å². The molecule has 5 aromatic carbocycles. The summed E-state index contributed by atoms with van der Waals surface area (Å²) in [4.78, 5) is 49.7. The SMILES string of the molecule is CC(=O)c1ccc2nc(C(F)(F)F)cc(Cl)c2c1.Cc1cc([C@@H](C)N)c(F)cc1NS(C)(=O)=O.Cc1cc([C@@H](C)NC(=O)c2ccc3nc(C(F)(F)F)cc(N4CCC[C@H]4CO)c3c2)c(F)cc1NS(C)(=O)=O.O=C(O)c1ccc2nc(C(F)(F)F)cc(N3CCC[C@H]3CO)c2c1. The fraction of sp³-hybridized carbons (Fsp3) is 0.344. The van der Waals surface area contributed by atoms with Crippen molar-refractivity contribution in [3.05, 3.63) is 170 Å². The molecule has 8 aromatic rings. The fourth-order valence-corrected chi connectivity index (χ4v) is 12.2. The van der Waals surface area contributed by atoms with E-state index >= 15 is 0 Å². The van der Waals surface area contributed by atoms with Crippen LogP contribution in [0, 0.1) is 25.5 Å². The van der Waals surface area contributed by atoms with Crippen molar-refractivity contribution in [1.82, 2.24) is 20.3 Å². The average molecular weight is 1430 g/mol. The minimum absolute atomic E-state index is 0.0231. The quantitative estimate of drug-likeness (QED) is 0.0393. The van der Waals surface area contributed by atoms with Gasteiger partial charge < -0.3 is 36.2 Å². The highest BCUT2D eigenvalue weighted by Crippen LogP contribution is 2.41. The van der Waals surface area contributed by atoms with Crippen LogP contribution in [0.1, 0.15) is 129 Å². The van der Waals surface area contributed by atoms with Crippen molar-refractivity contribution in [3.63, 3.8) is 0 Å². The average Bonchev–Trinajstić information content (AvgIpc) is 1.74. The number of alkyl halides is 9. The Hall–Kier alpha value is -8.56. The van der Waals surface area contributed by atoms with Crippen LogP contribution in [0.25, 0.3) is 32.7 Å². The number of aliphatic hydroxyl groups excluding tert-OH is 2. The Morgan fingerprint density at radius 3 is 1.38 bits per heavy atom. The number of fused-ring (bicyclic) bond motifs is 3. The second-order valence-electron chi connectivity index (χ2n) is 23.0. The first-order chi connectivity index (χ1) is 45.0. The largest absolute Gasteiger partial charge is 0.478 e. The van der Waals surface area contributed by atoms with Crippen LogP contribution in [-0.4, -0.2) is 116 Å². The van der Waals surface area contributed by atoms with E-state index in [2.05, 4.69) is 29.7 Å². The van der Waals surface area contributed by atoms with Crippen molar-refractivity contribution in [1.29, 1.82) is 0 Å². The number of hydrogen-bond acceptors (Lipinski definition) is 15. The lowest BCUT2D eigenvalue weighted by molar-refractivity contribution is -0.141. The number of aliphatic hydroxyl groups is 2. The summed E-state index contributed by atoms with van der Waals surface area (Å²) in [5.41, 5.74) is 5.54. The summed E-state index contributed by atoms with van der Waals surface area (Å²) >= 11 is 5.79. The number of ketones is 1. The number of benzene rings is 5. The first kappa shape index (κ1) is 75.8. The summed E-state index contributed by atoms with van der Waals surface area (Å²) in [6.07, 6.45) is -9.15. The minimum atomic E-state index is -4.68. The lowest BCUT2D eigenvalue weighted by atomic mass is 10.0. The second-order valence-corrected chi connectivity index (χ2v) is 27.0. The van der Waals surface area contributed by atoms with Crippen LogP contribution in [0.4, 0.5) is 71.0 Å². The Kier molecular flexibility index (Phi) is 23.5. The van der Waals surface area contributed by atoms with E-state index in [4.69, 9.17) is 22.4 Å². The number of hydrogen-bond donors (Lipinski definition) is 7. The molecule has 3 aromatic heterocycles. The number of aromatic nitrogens is 3. The number of Topliss-reactive ketones (excluding diaryl/α,β-unsaturated/α-hetero) is 1. The second kappa shape index (κ2) is 30.1. The van der Waals surface area contributed by atoms with Crippen LogP contribution in [0.5, 0.6) is 0 Å². The highest BCUT2D eigenvalue weighted by molar-refractivity contribution is 7.92. The number of aromatic carboxylic acids is 1. The Labute approximate surface area is 554 Å². The van der Waals surface area contributed by atoms with E-state index in [1.165, 1.54) is 67.6 Å². The zero-order chi connectivity index (χ0) is 72.2. The summed E-state index contributed by atoms with van der Waals surface area (Å²) in [7, 11) is -7.02. The van der Waals surface area contributed by atoms with Crippen molar-refractivity contribution in [3.8, 4) is 0 Å².